The van der Waals surface area contributed by atoms with Crippen molar-refractivity contribution in [3.05, 3.63) is 78.1 Å². The van der Waals surface area contributed by atoms with Crippen LogP contribution in [0.15, 0.2) is 66.7 Å². The van der Waals surface area contributed by atoms with Crippen LogP contribution in [0.25, 0.3) is 11.0 Å². The summed E-state index contributed by atoms with van der Waals surface area (Å²) in [6.45, 7) is 3.24. The van der Waals surface area contributed by atoms with Gasteiger partial charge in [0.25, 0.3) is 0 Å². The number of nitrogens with one attached hydrogen (secondary N) is 1. The number of carbonyl (C=O) groups excluding carboxylic acids is 2. The van der Waals surface area contributed by atoms with Crippen LogP contribution in [0.4, 0.5) is 10.1 Å². The molecule has 4 rings (SSSR count). The van der Waals surface area contributed by atoms with Gasteiger partial charge in [0.1, 0.15) is 34.9 Å². The number of fused-ring (bicyclic) bond motifs is 1. The zero-order chi connectivity index (χ0) is 26.6. The first-order chi connectivity index (χ1) is 17.7. The van der Waals surface area contributed by atoms with E-state index in [0.717, 1.165) is 0 Å². The predicted molar refractivity (Wildman–Crippen MR) is 137 cm³/mol. The van der Waals surface area contributed by atoms with Crippen molar-refractivity contribution in [3.8, 4) is 11.5 Å². The van der Waals surface area contributed by atoms with Crippen molar-refractivity contribution < 1.29 is 23.5 Å². The minimum Gasteiger partial charge on any atom is -0.497 e. The van der Waals surface area contributed by atoms with E-state index in [2.05, 4.69) is 15.6 Å². The van der Waals surface area contributed by atoms with Crippen molar-refractivity contribution in [3.63, 3.8) is 0 Å². The van der Waals surface area contributed by atoms with Crippen LogP contribution in [0, 0.1) is 5.82 Å². The quantitative estimate of drug-likeness (QED) is 0.369. The normalized spacial score (nSPS) is 11.3. The number of benzene rings is 3. The number of aromatic nitrogens is 3. The van der Waals surface area contributed by atoms with Crippen molar-refractivity contribution in [2.24, 2.45) is 0 Å². The lowest BCUT2D eigenvalue weighted by molar-refractivity contribution is -0.145. The summed E-state index contributed by atoms with van der Waals surface area (Å²) in [5, 5.41) is 11.1. The van der Waals surface area contributed by atoms with E-state index in [4.69, 9.17) is 9.47 Å². The van der Waals surface area contributed by atoms with Crippen molar-refractivity contribution in [2.45, 2.75) is 32.5 Å². The molecule has 1 N–H and O–H groups in total. The maximum atomic E-state index is 13.7. The Bertz CT molecular complexity index is 1420. The summed E-state index contributed by atoms with van der Waals surface area (Å²) >= 11 is 0. The van der Waals surface area contributed by atoms with Crippen LogP contribution in [-0.2, 0) is 22.7 Å². The number of halogens is 1. The first-order valence-corrected chi connectivity index (χ1v) is 11.6. The molecule has 0 fully saturated rings. The molecule has 0 radical (unpaired) electrons. The highest BCUT2D eigenvalue weighted by molar-refractivity contribution is 6.01. The van der Waals surface area contributed by atoms with Crippen molar-refractivity contribution in [2.75, 3.05) is 19.5 Å². The fourth-order valence-electron chi connectivity index (χ4n) is 3.92. The minimum absolute atomic E-state index is 0.0753. The number of rotatable bonds is 9. The van der Waals surface area contributed by atoms with E-state index in [1.165, 1.54) is 35.9 Å². The van der Waals surface area contributed by atoms with Crippen LogP contribution in [0.5, 0.6) is 11.5 Å². The number of para-hydroxylation sites is 1. The van der Waals surface area contributed by atoms with Gasteiger partial charge in [-0.1, -0.05) is 29.5 Å². The first-order valence-electron chi connectivity index (χ1n) is 11.6. The smallest absolute Gasteiger partial charge is 0.249 e. The van der Waals surface area contributed by atoms with Crippen LogP contribution in [-0.4, -0.2) is 51.5 Å². The van der Waals surface area contributed by atoms with E-state index in [9.17, 15) is 14.0 Å². The predicted octanol–water partition coefficient (Wildman–Crippen LogP) is 4.03. The van der Waals surface area contributed by atoms with Crippen molar-refractivity contribution in [1.82, 2.24) is 19.9 Å². The maximum Gasteiger partial charge on any atom is 0.249 e. The molecule has 192 valence electrons. The third kappa shape index (κ3) is 5.53. The number of nitrogens with zero attached hydrogens (tertiary/aromatic N) is 4. The Hall–Kier alpha value is -4.47. The maximum absolute atomic E-state index is 13.7. The molecule has 0 atom stereocenters. The second-order valence-electron chi connectivity index (χ2n) is 8.92. The molecule has 37 heavy (non-hydrogen) atoms. The van der Waals surface area contributed by atoms with Crippen molar-refractivity contribution in [1.29, 1.82) is 0 Å². The Morgan fingerprint density at radius 1 is 1.03 bits per heavy atom. The molecule has 0 saturated carbocycles. The van der Waals surface area contributed by atoms with Crippen molar-refractivity contribution >= 4 is 28.5 Å². The summed E-state index contributed by atoms with van der Waals surface area (Å²) in [5.74, 6) is -0.202. The lowest BCUT2D eigenvalue weighted by atomic mass is 9.99. The summed E-state index contributed by atoms with van der Waals surface area (Å²) in [6.07, 6.45) is 0. The van der Waals surface area contributed by atoms with Gasteiger partial charge in [0.15, 0.2) is 0 Å². The highest BCUT2D eigenvalue weighted by Gasteiger charge is 2.38. The van der Waals surface area contributed by atoms with Crippen LogP contribution in [0.3, 0.4) is 0 Å². The summed E-state index contributed by atoms with van der Waals surface area (Å²) in [5.41, 5.74) is 1.14. The van der Waals surface area contributed by atoms with Crippen LogP contribution < -0.4 is 14.8 Å². The molecule has 0 unspecified atom stereocenters. The molecular formula is C27H28FN5O4. The highest BCUT2D eigenvalue weighted by atomic mass is 19.1. The summed E-state index contributed by atoms with van der Waals surface area (Å²) in [4.78, 5) is 28.7. The third-order valence-corrected chi connectivity index (χ3v) is 6.15. The molecule has 10 heteroatoms. The standard InChI is InChI=1S/C27H28FN5O4/c1-27(2,26(35)29-22-14-13-20(36-3)15-24(22)37-4)32(16-18-9-11-19(28)12-10-18)25(34)17-33-23-8-6-5-7-21(23)30-31-33/h5-15H,16-17H2,1-4H3,(H,29,35). The Morgan fingerprint density at radius 3 is 2.46 bits per heavy atom. The lowest BCUT2D eigenvalue weighted by Crippen LogP contribution is -2.55. The van der Waals surface area contributed by atoms with Crippen LogP contribution >= 0.6 is 0 Å². The summed E-state index contributed by atoms with van der Waals surface area (Å²) in [7, 11) is 3.02. The highest BCUT2D eigenvalue weighted by Crippen LogP contribution is 2.31. The SMILES string of the molecule is COc1ccc(NC(=O)C(C)(C)N(Cc2ccc(F)cc2)C(=O)Cn2nnc3ccccc32)c(OC)c1. The van der Waals surface area contributed by atoms with Gasteiger partial charge in [0, 0.05) is 12.6 Å². The Kier molecular flexibility index (Phi) is 7.37. The number of ether oxygens (including phenoxy) is 2. The molecule has 0 bridgehead atoms. The van der Waals surface area contributed by atoms with Gasteiger partial charge < -0.3 is 19.7 Å². The van der Waals surface area contributed by atoms with Gasteiger partial charge in [-0.3, -0.25) is 9.59 Å². The molecule has 1 aromatic heterocycles. The first kappa shape index (κ1) is 25.6. The number of methoxy groups -OCH3 is 2. The average molecular weight is 506 g/mol. The van der Waals surface area contributed by atoms with E-state index in [-0.39, 0.29) is 24.8 Å². The average Bonchev–Trinajstić information content (AvgIpc) is 3.30. The van der Waals surface area contributed by atoms with Gasteiger partial charge in [-0.25, -0.2) is 9.07 Å². The number of carbonyl (C=O) groups is 2. The van der Waals surface area contributed by atoms with Gasteiger partial charge in [-0.15, -0.1) is 5.10 Å². The lowest BCUT2D eigenvalue weighted by Gasteiger charge is -2.37. The minimum atomic E-state index is -1.31. The Balaban J connectivity index is 1.64. The van der Waals surface area contributed by atoms with Crippen LogP contribution in [0.1, 0.15) is 19.4 Å². The van der Waals surface area contributed by atoms with Gasteiger partial charge in [-0.2, -0.15) is 0 Å². The van der Waals surface area contributed by atoms with Gasteiger partial charge in [0.2, 0.25) is 11.8 Å². The monoisotopic (exact) mass is 505 g/mol. The van der Waals surface area contributed by atoms with E-state index in [1.807, 2.05) is 18.2 Å². The van der Waals surface area contributed by atoms with E-state index >= 15 is 0 Å². The zero-order valence-corrected chi connectivity index (χ0v) is 21.1. The molecule has 0 saturated heterocycles. The second kappa shape index (κ2) is 10.7. The molecule has 4 aromatic rings. The molecule has 9 nitrogen and oxygen atoms in total. The molecule has 0 aliphatic carbocycles. The molecule has 3 aromatic carbocycles. The zero-order valence-electron chi connectivity index (χ0n) is 21.1. The third-order valence-electron chi connectivity index (χ3n) is 6.15. The molecule has 0 aliphatic rings. The van der Waals surface area contributed by atoms with E-state index in [0.29, 0.717) is 33.8 Å². The number of hydrogen-bond donors (Lipinski definition) is 1. The van der Waals surface area contributed by atoms with Crippen LogP contribution in [0.2, 0.25) is 0 Å². The number of hydrogen-bond acceptors (Lipinski definition) is 6. The number of anilines is 1. The summed E-state index contributed by atoms with van der Waals surface area (Å²) in [6, 6.07) is 18.1. The largest absolute Gasteiger partial charge is 0.497 e. The number of amides is 2. The van der Waals surface area contributed by atoms with Gasteiger partial charge >= 0.3 is 0 Å². The topological polar surface area (TPSA) is 98.6 Å². The fourth-order valence-corrected chi connectivity index (χ4v) is 3.92. The Morgan fingerprint density at radius 2 is 1.76 bits per heavy atom. The molecule has 0 spiro atoms. The van der Waals surface area contributed by atoms with E-state index < -0.39 is 11.4 Å². The Labute approximate surface area is 213 Å². The molecular weight excluding hydrogens is 477 g/mol. The van der Waals surface area contributed by atoms with Gasteiger partial charge in [-0.05, 0) is 55.8 Å². The molecule has 0 aliphatic heterocycles. The van der Waals surface area contributed by atoms with E-state index in [1.54, 1.807) is 50.2 Å². The second-order valence-corrected chi connectivity index (χ2v) is 8.92. The van der Waals surface area contributed by atoms with Gasteiger partial charge in [0.05, 0.1) is 25.4 Å². The molecule has 2 amide bonds. The summed E-state index contributed by atoms with van der Waals surface area (Å²) < 4.78 is 25.6. The fraction of sp³-hybridized carbons (Fsp3) is 0.259. The molecule has 1 heterocycles.